The molecule has 0 amide bonds. The van der Waals surface area contributed by atoms with Crippen molar-refractivity contribution in [1.82, 2.24) is 15.1 Å². The van der Waals surface area contributed by atoms with Crippen molar-refractivity contribution < 1.29 is 4.74 Å². The highest BCUT2D eigenvalue weighted by Crippen LogP contribution is 2.23. The van der Waals surface area contributed by atoms with E-state index in [2.05, 4.69) is 33.8 Å². The first kappa shape index (κ1) is 18.3. The van der Waals surface area contributed by atoms with Crippen molar-refractivity contribution in [3.63, 3.8) is 0 Å². The molecule has 6 heteroatoms. The second kappa shape index (κ2) is 9.88. The minimum absolute atomic E-state index is 0.776. The molecule has 0 aromatic heterocycles. The molecule has 3 saturated heterocycles. The van der Waals surface area contributed by atoms with Crippen LogP contribution in [0.3, 0.4) is 0 Å². The van der Waals surface area contributed by atoms with Gasteiger partial charge in [-0.1, -0.05) is 0 Å². The topological polar surface area (TPSA) is 40.1 Å². The molecule has 1 atom stereocenters. The highest BCUT2D eigenvalue weighted by Gasteiger charge is 2.27. The number of nitrogens with zero attached hydrogens (tertiary/aromatic N) is 3. The van der Waals surface area contributed by atoms with Crippen LogP contribution in [0.5, 0.6) is 0 Å². The van der Waals surface area contributed by atoms with Gasteiger partial charge in [0.15, 0.2) is 5.96 Å². The first-order chi connectivity index (χ1) is 11.8. The third-order valence-electron chi connectivity index (χ3n) is 5.38. The molecular formula is C18H34N4OS. The molecule has 1 N–H and O–H groups in total. The van der Waals surface area contributed by atoms with Crippen LogP contribution in [0.15, 0.2) is 4.99 Å². The molecule has 3 rings (SSSR count). The van der Waals surface area contributed by atoms with Gasteiger partial charge in [-0.2, -0.15) is 11.8 Å². The number of guanidine groups is 1. The second-order valence-corrected chi connectivity index (χ2v) is 8.49. The van der Waals surface area contributed by atoms with E-state index in [9.17, 15) is 0 Å². The number of thioether (sulfide) groups is 1. The molecule has 0 aromatic carbocycles. The van der Waals surface area contributed by atoms with E-state index in [0.717, 1.165) is 70.3 Å². The van der Waals surface area contributed by atoms with Crippen LogP contribution < -0.4 is 5.32 Å². The average molecular weight is 355 g/mol. The standard InChI is InChI=1S/C18H34N4OS/c1-2-19-18(20-13-16-4-11-24-12-5-16)22-6-3-17(15-22)14-21-7-9-23-10-8-21/h16-17H,2-15H2,1H3,(H,19,20). The Balaban J connectivity index is 1.48. The molecule has 0 aromatic rings. The molecule has 3 heterocycles. The normalized spacial score (nSPS) is 27.6. The van der Waals surface area contributed by atoms with Crippen LogP contribution in [-0.4, -0.2) is 86.3 Å². The summed E-state index contributed by atoms with van der Waals surface area (Å²) in [5.74, 6) is 5.37. The van der Waals surface area contributed by atoms with E-state index in [1.54, 1.807) is 0 Å². The van der Waals surface area contributed by atoms with E-state index in [4.69, 9.17) is 9.73 Å². The van der Waals surface area contributed by atoms with Gasteiger partial charge >= 0.3 is 0 Å². The van der Waals surface area contributed by atoms with Crippen molar-refractivity contribution in [3.8, 4) is 0 Å². The number of ether oxygens (including phenoxy) is 1. The van der Waals surface area contributed by atoms with Gasteiger partial charge in [-0.15, -0.1) is 0 Å². The molecule has 24 heavy (non-hydrogen) atoms. The largest absolute Gasteiger partial charge is 0.379 e. The van der Waals surface area contributed by atoms with Gasteiger partial charge < -0.3 is 15.0 Å². The van der Waals surface area contributed by atoms with Gasteiger partial charge in [0.1, 0.15) is 0 Å². The molecule has 3 aliphatic rings. The molecule has 0 spiro atoms. The quantitative estimate of drug-likeness (QED) is 0.602. The molecule has 0 radical (unpaired) electrons. The fraction of sp³-hybridized carbons (Fsp3) is 0.944. The van der Waals surface area contributed by atoms with E-state index in [1.165, 1.54) is 37.3 Å². The summed E-state index contributed by atoms with van der Waals surface area (Å²) in [4.78, 5) is 10.1. The van der Waals surface area contributed by atoms with Gasteiger partial charge in [0, 0.05) is 45.8 Å². The zero-order chi connectivity index (χ0) is 16.6. The molecule has 5 nitrogen and oxygen atoms in total. The predicted octanol–water partition coefficient (Wildman–Crippen LogP) is 1.75. The highest BCUT2D eigenvalue weighted by atomic mass is 32.2. The Morgan fingerprint density at radius 1 is 1.12 bits per heavy atom. The minimum atomic E-state index is 0.776. The average Bonchev–Trinajstić information content (AvgIpc) is 3.09. The summed E-state index contributed by atoms with van der Waals surface area (Å²) in [5.41, 5.74) is 0. The lowest BCUT2D eigenvalue weighted by Gasteiger charge is -2.29. The van der Waals surface area contributed by atoms with Gasteiger partial charge in [0.25, 0.3) is 0 Å². The van der Waals surface area contributed by atoms with Gasteiger partial charge in [-0.3, -0.25) is 9.89 Å². The number of rotatable bonds is 5. The lowest BCUT2D eigenvalue weighted by atomic mass is 10.0. The van der Waals surface area contributed by atoms with Crippen LogP contribution in [-0.2, 0) is 4.74 Å². The maximum absolute atomic E-state index is 5.46. The Bertz CT molecular complexity index is 394. The fourth-order valence-electron chi connectivity index (χ4n) is 3.89. The van der Waals surface area contributed by atoms with E-state index in [0.29, 0.717) is 0 Å². The first-order valence-electron chi connectivity index (χ1n) is 9.76. The number of nitrogens with one attached hydrogen (secondary N) is 1. The van der Waals surface area contributed by atoms with E-state index in [-0.39, 0.29) is 0 Å². The SMILES string of the molecule is CCNC(=NCC1CCSCC1)N1CCC(CN2CCOCC2)C1. The molecule has 138 valence electrons. The maximum Gasteiger partial charge on any atom is 0.193 e. The van der Waals surface area contributed by atoms with Crippen LogP contribution >= 0.6 is 11.8 Å². The summed E-state index contributed by atoms with van der Waals surface area (Å²) in [6.07, 6.45) is 3.97. The van der Waals surface area contributed by atoms with Crippen LogP contribution in [0.4, 0.5) is 0 Å². The van der Waals surface area contributed by atoms with Crippen molar-refractivity contribution in [3.05, 3.63) is 0 Å². The highest BCUT2D eigenvalue weighted by molar-refractivity contribution is 7.99. The molecule has 0 bridgehead atoms. The van der Waals surface area contributed by atoms with Crippen LogP contribution in [0.2, 0.25) is 0 Å². The summed E-state index contributed by atoms with van der Waals surface area (Å²) in [6.45, 7) is 11.7. The third kappa shape index (κ3) is 5.53. The summed E-state index contributed by atoms with van der Waals surface area (Å²) >= 11 is 2.10. The maximum atomic E-state index is 5.46. The molecule has 0 aliphatic carbocycles. The zero-order valence-electron chi connectivity index (χ0n) is 15.2. The van der Waals surface area contributed by atoms with E-state index in [1.807, 2.05) is 0 Å². The Morgan fingerprint density at radius 3 is 2.67 bits per heavy atom. The molecule has 3 aliphatic heterocycles. The molecule has 3 fully saturated rings. The Kier molecular flexibility index (Phi) is 7.55. The summed E-state index contributed by atoms with van der Waals surface area (Å²) < 4.78 is 5.46. The Hall–Kier alpha value is -0.460. The monoisotopic (exact) mass is 354 g/mol. The lowest BCUT2D eigenvalue weighted by Crippen LogP contribution is -2.42. The number of morpholine rings is 1. The van der Waals surface area contributed by atoms with E-state index >= 15 is 0 Å². The van der Waals surface area contributed by atoms with Crippen molar-refractivity contribution in [1.29, 1.82) is 0 Å². The van der Waals surface area contributed by atoms with Crippen molar-refractivity contribution in [2.75, 3.05) is 70.5 Å². The summed E-state index contributed by atoms with van der Waals surface area (Å²) in [5, 5.41) is 3.53. The van der Waals surface area contributed by atoms with Gasteiger partial charge in [-0.25, -0.2) is 0 Å². The smallest absolute Gasteiger partial charge is 0.193 e. The second-order valence-electron chi connectivity index (χ2n) is 7.26. The fourth-order valence-corrected chi connectivity index (χ4v) is 5.10. The predicted molar refractivity (Wildman–Crippen MR) is 103 cm³/mol. The van der Waals surface area contributed by atoms with Crippen LogP contribution in [0, 0.1) is 11.8 Å². The number of likely N-dealkylation sites (tertiary alicyclic amines) is 1. The van der Waals surface area contributed by atoms with Crippen LogP contribution in [0.25, 0.3) is 0 Å². The van der Waals surface area contributed by atoms with Gasteiger partial charge in [-0.05, 0) is 49.5 Å². The number of aliphatic imine (C=N–C) groups is 1. The third-order valence-corrected chi connectivity index (χ3v) is 6.43. The first-order valence-corrected chi connectivity index (χ1v) is 10.9. The van der Waals surface area contributed by atoms with Gasteiger partial charge in [0.2, 0.25) is 0 Å². The molecule has 1 unspecified atom stereocenters. The van der Waals surface area contributed by atoms with E-state index < -0.39 is 0 Å². The lowest BCUT2D eigenvalue weighted by molar-refractivity contribution is 0.0315. The Labute approximate surface area is 151 Å². The van der Waals surface area contributed by atoms with Crippen molar-refractivity contribution in [2.24, 2.45) is 16.8 Å². The van der Waals surface area contributed by atoms with Crippen LogP contribution in [0.1, 0.15) is 26.2 Å². The van der Waals surface area contributed by atoms with Crippen molar-refractivity contribution in [2.45, 2.75) is 26.2 Å². The van der Waals surface area contributed by atoms with Gasteiger partial charge in [0.05, 0.1) is 13.2 Å². The molecular weight excluding hydrogens is 320 g/mol. The Morgan fingerprint density at radius 2 is 1.92 bits per heavy atom. The molecule has 0 saturated carbocycles. The minimum Gasteiger partial charge on any atom is -0.379 e. The number of hydrogen-bond donors (Lipinski definition) is 1. The summed E-state index contributed by atoms with van der Waals surface area (Å²) in [6, 6.07) is 0. The summed E-state index contributed by atoms with van der Waals surface area (Å²) in [7, 11) is 0. The zero-order valence-corrected chi connectivity index (χ0v) is 16.0. The van der Waals surface area contributed by atoms with Crippen molar-refractivity contribution >= 4 is 17.7 Å². The number of hydrogen-bond acceptors (Lipinski definition) is 4.